The second-order valence-corrected chi connectivity index (χ2v) is 6.45. The monoisotopic (exact) mass is 356 g/mol. The van der Waals surface area contributed by atoms with Gasteiger partial charge >= 0.3 is 0 Å². The molecular formula is C14H17IN2O. The topological polar surface area (TPSA) is 32.3 Å². The van der Waals surface area contributed by atoms with Gasteiger partial charge in [0.25, 0.3) is 0 Å². The molecular weight excluding hydrogens is 339 g/mol. The van der Waals surface area contributed by atoms with Gasteiger partial charge in [0.2, 0.25) is 5.91 Å². The van der Waals surface area contributed by atoms with E-state index in [1.54, 1.807) is 0 Å². The lowest BCUT2D eigenvalue weighted by Crippen LogP contribution is -2.39. The Morgan fingerprint density at radius 3 is 2.83 bits per heavy atom. The number of anilines is 1. The molecule has 1 aliphatic carbocycles. The molecule has 1 heterocycles. The highest BCUT2D eigenvalue weighted by Crippen LogP contribution is 2.28. The van der Waals surface area contributed by atoms with Crippen LogP contribution in [0.4, 0.5) is 5.69 Å². The van der Waals surface area contributed by atoms with Crippen molar-refractivity contribution in [3.63, 3.8) is 0 Å². The van der Waals surface area contributed by atoms with E-state index in [2.05, 4.69) is 53.0 Å². The van der Waals surface area contributed by atoms with Gasteiger partial charge in [-0.25, -0.2) is 0 Å². The third kappa shape index (κ3) is 2.40. The summed E-state index contributed by atoms with van der Waals surface area (Å²) in [5, 5.41) is 3.44. The quantitative estimate of drug-likeness (QED) is 0.844. The summed E-state index contributed by atoms with van der Waals surface area (Å²) in [6.07, 6.45) is 3.39. The van der Waals surface area contributed by atoms with Crippen LogP contribution in [0, 0.1) is 10.5 Å². The number of hydrogen-bond donors (Lipinski definition) is 1. The molecule has 1 amide bonds. The number of carbonyl (C=O) groups is 1. The number of nitrogens with zero attached hydrogens (tertiary/aromatic N) is 1. The number of hydrogen-bond acceptors (Lipinski definition) is 2. The smallest absolute Gasteiger partial charge is 0.244 e. The molecule has 0 spiro atoms. The molecule has 3 nitrogen and oxygen atoms in total. The zero-order valence-electron chi connectivity index (χ0n) is 10.4. The van der Waals surface area contributed by atoms with E-state index in [1.165, 1.54) is 22.0 Å². The van der Waals surface area contributed by atoms with Gasteiger partial charge in [0.15, 0.2) is 0 Å². The van der Waals surface area contributed by atoms with Crippen LogP contribution in [0.3, 0.4) is 0 Å². The minimum Gasteiger partial charge on any atom is -0.311 e. The molecule has 18 heavy (non-hydrogen) atoms. The van der Waals surface area contributed by atoms with Crippen LogP contribution in [0.2, 0.25) is 0 Å². The van der Waals surface area contributed by atoms with Gasteiger partial charge in [-0.1, -0.05) is 6.07 Å². The van der Waals surface area contributed by atoms with Crippen molar-refractivity contribution in [1.29, 1.82) is 0 Å². The van der Waals surface area contributed by atoms with Gasteiger partial charge < -0.3 is 10.2 Å². The minimum absolute atomic E-state index is 0.0368. The summed E-state index contributed by atoms with van der Waals surface area (Å²) in [5.41, 5.74) is 2.25. The van der Waals surface area contributed by atoms with Crippen molar-refractivity contribution >= 4 is 34.2 Å². The van der Waals surface area contributed by atoms with Crippen molar-refractivity contribution in [3.05, 3.63) is 27.3 Å². The number of aryl methyl sites for hydroxylation is 1. The van der Waals surface area contributed by atoms with E-state index in [9.17, 15) is 4.79 Å². The molecule has 1 N–H and O–H groups in total. The van der Waals surface area contributed by atoms with Crippen LogP contribution in [-0.4, -0.2) is 24.5 Å². The minimum atomic E-state index is 0.0368. The SMILES string of the molecule is Cc1ccc(I)cc1N1CCC(NC2CC2)C1=O. The Balaban J connectivity index is 1.80. The van der Waals surface area contributed by atoms with Crippen molar-refractivity contribution < 1.29 is 4.79 Å². The van der Waals surface area contributed by atoms with Gasteiger partial charge in [-0.05, 0) is 66.5 Å². The van der Waals surface area contributed by atoms with Crippen LogP contribution in [-0.2, 0) is 4.79 Å². The van der Waals surface area contributed by atoms with E-state index in [-0.39, 0.29) is 11.9 Å². The summed E-state index contributed by atoms with van der Waals surface area (Å²) in [4.78, 5) is 14.3. The van der Waals surface area contributed by atoms with Crippen LogP contribution in [0.5, 0.6) is 0 Å². The summed E-state index contributed by atoms with van der Waals surface area (Å²) in [7, 11) is 0. The van der Waals surface area contributed by atoms with E-state index < -0.39 is 0 Å². The predicted octanol–water partition coefficient (Wildman–Crippen LogP) is 2.46. The fourth-order valence-electron chi connectivity index (χ4n) is 2.48. The van der Waals surface area contributed by atoms with Gasteiger partial charge in [0.05, 0.1) is 6.04 Å². The third-order valence-corrected chi connectivity index (χ3v) is 4.35. The molecule has 0 aromatic heterocycles. The van der Waals surface area contributed by atoms with Crippen molar-refractivity contribution in [1.82, 2.24) is 5.32 Å². The zero-order chi connectivity index (χ0) is 12.7. The van der Waals surface area contributed by atoms with E-state index in [1.807, 2.05) is 4.90 Å². The largest absolute Gasteiger partial charge is 0.311 e. The molecule has 1 atom stereocenters. The third-order valence-electron chi connectivity index (χ3n) is 3.68. The van der Waals surface area contributed by atoms with Gasteiger partial charge in [0, 0.05) is 21.8 Å². The fraction of sp³-hybridized carbons (Fsp3) is 0.500. The lowest BCUT2D eigenvalue weighted by atomic mass is 10.2. The first-order valence-corrected chi connectivity index (χ1v) is 7.56. The molecule has 1 saturated carbocycles. The standard InChI is InChI=1S/C14H17IN2O/c1-9-2-3-10(15)8-13(9)17-7-6-12(14(17)18)16-11-4-5-11/h2-3,8,11-12,16H,4-7H2,1H3. The highest BCUT2D eigenvalue weighted by molar-refractivity contribution is 14.1. The Morgan fingerprint density at radius 2 is 2.11 bits per heavy atom. The Labute approximate surface area is 121 Å². The van der Waals surface area contributed by atoms with E-state index >= 15 is 0 Å². The summed E-state index contributed by atoms with van der Waals surface area (Å²) in [6.45, 7) is 2.91. The summed E-state index contributed by atoms with van der Waals surface area (Å²) < 4.78 is 1.18. The number of halogens is 1. The maximum Gasteiger partial charge on any atom is 0.244 e. The number of carbonyl (C=O) groups excluding carboxylic acids is 1. The summed E-state index contributed by atoms with van der Waals surface area (Å²) in [6, 6.07) is 6.91. The summed E-state index contributed by atoms with van der Waals surface area (Å²) >= 11 is 2.30. The highest BCUT2D eigenvalue weighted by atomic mass is 127. The first-order chi connectivity index (χ1) is 8.65. The Hall–Kier alpha value is -0.620. The molecule has 3 rings (SSSR count). The lowest BCUT2D eigenvalue weighted by molar-refractivity contribution is -0.118. The molecule has 0 radical (unpaired) electrons. The molecule has 1 saturated heterocycles. The molecule has 1 aromatic rings. The first-order valence-electron chi connectivity index (χ1n) is 6.49. The van der Waals surface area contributed by atoms with Crippen LogP contribution in [0.25, 0.3) is 0 Å². The maximum atomic E-state index is 12.4. The predicted molar refractivity (Wildman–Crippen MR) is 80.8 cm³/mol. The lowest BCUT2D eigenvalue weighted by Gasteiger charge is -2.19. The molecule has 1 unspecified atom stereocenters. The molecule has 2 fully saturated rings. The molecule has 1 aromatic carbocycles. The molecule has 0 bridgehead atoms. The number of benzene rings is 1. The number of nitrogens with one attached hydrogen (secondary N) is 1. The second kappa shape index (κ2) is 4.81. The Kier molecular flexibility index (Phi) is 3.32. The summed E-state index contributed by atoms with van der Waals surface area (Å²) in [5.74, 6) is 0.243. The van der Waals surface area contributed by atoms with Crippen molar-refractivity contribution in [2.24, 2.45) is 0 Å². The van der Waals surface area contributed by atoms with Gasteiger partial charge in [0.1, 0.15) is 0 Å². The second-order valence-electron chi connectivity index (χ2n) is 5.20. The number of amides is 1. The van der Waals surface area contributed by atoms with Gasteiger partial charge in [-0.15, -0.1) is 0 Å². The molecule has 1 aliphatic heterocycles. The molecule has 2 aliphatic rings. The van der Waals surface area contributed by atoms with Crippen molar-refractivity contribution in [2.45, 2.75) is 38.3 Å². The van der Waals surface area contributed by atoms with Crippen molar-refractivity contribution in [2.75, 3.05) is 11.4 Å². The zero-order valence-corrected chi connectivity index (χ0v) is 12.6. The Morgan fingerprint density at radius 1 is 1.33 bits per heavy atom. The van der Waals surface area contributed by atoms with Crippen LogP contribution >= 0.6 is 22.6 Å². The van der Waals surface area contributed by atoms with E-state index in [0.29, 0.717) is 6.04 Å². The normalized spacial score (nSPS) is 23.8. The van der Waals surface area contributed by atoms with E-state index in [0.717, 1.165) is 18.7 Å². The van der Waals surface area contributed by atoms with E-state index in [4.69, 9.17) is 0 Å². The first kappa shape index (κ1) is 12.4. The van der Waals surface area contributed by atoms with Gasteiger partial charge in [-0.3, -0.25) is 4.79 Å². The van der Waals surface area contributed by atoms with Crippen molar-refractivity contribution in [3.8, 4) is 0 Å². The van der Waals surface area contributed by atoms with Crippen LogP contribution < -0.4 is 10.2 Å². The highest BCUT2D eigenvalue weighted by Gasteiger charge is 2.36. The maximum absolute atomic E-state index is 12.4. The van der Waals surface area contributed by atoms with Crippen LogP contribution in [0.1, 0.15) is 24.8 Å². The Bertz CT molecular complexity index is 485. The fourth-order valence-corrected chi connectivity index (χ4v) is 2.96. The van der Waals surface area contributed by atoms with Gasteiger partial charge in [-0.2, -0.15) is 0 Å². The van der Waals surface area contributed by atoms with Crippen LogP contribution in [0.15, 0.2) is 18.2 Å². The molecule has 96 valence electrons. The average Bonchev–Trinajstić information content (AvgIpc) is 3.09. The molecule has 4 heteroatoms. The number of rotatable bonds is 3. The average molecular weight is 356 g/mol.